The second-order valence-electron chi connectivity index (χ2n) is 8.03. The predicted molar refractivity (Wildman–Crippen MR) is 119 cm³/mol. The third kappa shape index (κ3) is 4.72. The fourth-order valence-electron chi connectivity index (χ4n) is 4.10. The summed E-state index contributed by atoms with van der Waals surface area (Å²) >= 11 is 0. The van der Waals surface area contributed by atoms with Gasteiger partial charge in [0.15, 0.2) is 11.5 Å². The van der Waals surface area contributed by atoms with E-state index in [-0.39, 0.29) is 11.7 Å². The van der Waals surface area contributed by atoms with Crippen LogP contribution < -0.4 is 9.47 Å². The zero-order valence-electron chi connectivity index (χ0n) is 18.5. The number of halogens is 1. The van der Waals surface area contributed by atoms with Crippen molar-refractivity contribution < 1.29 is 18.7 Å². The number of benzene rings is 1. The summed E-state index contributed by atoms with van der Waals surface area (Å²) in [6, 6.07) is 9.35. The van der Waals surface area contributed by atoms with Crippen molar-refractivity contribution in [1.29, 1.82) is 0 Å². The molecule has 32 heavy (non-hydrogen) atoms. The fraction of sp³-hybridized carbons (Fsp3) is 0.320. The lowest BCUT2D eigenvalue weighted by Gasteiger charge is -2.32. The van der Waals surface area contributed by atoms with E-state index in [1.54, 1.807) is 6.07 Å². The van der Waals surface area contributed by atoms with E-state index in [0.717, 1.165) is 18.5 Å². The van der Waals surface area contributed by atoms with Crippen LogP contribution in [0.2, 0.25) is 0 Å². The second-order valence-corrected chi connectivity index (χ2v) is 8.03. The topological polar surface area (TPSA) is 64.5 Å². The summed E-state index contributed by atoms with van der Waals surface area (Å²) in [5.74, 6) is 1.13. The van der Waals surface area contributed by atoms with Crippen molar-refractivity contribution in [3.8, 4) is 17.2 Å². The zero-order chi connectivity index (χ0) is 22.7. The SMILES string of the molecule is COc1cc(C(=O)N2CCC(c3cnc(C)cc3C)CC2)ncc1Oc1ccc(F)cc1. The van der Waals surface area contributed by atoms with E-state index in [2.05, 4.69) is 23.0 Å². The molecule has 0 N–H and O–H groups in total. The first-order valence-electron chi connectivity index (χ1n) is 10.6. The number of aryl methyl sites for hydroxylation is 2. The fourth-order valence-corrected chi connectivity index (χ4v) is 4.10. The van der Waals surface area contributed by atoms with E-state index in [0.29, 0.717) is 41.9 Å². The van der Waals surface area contributed by atoms with Crippen LogP contribution >= 0.6 is 0 Å². The quantitative estimate of drug-likeness (QED) is 0.561. The van der Waals surface area contributed by atoms with Gasteiger partial charge in [0.1, 0.15) is 17.3 Å². The van der Waals surface area contributed by atoms with E-state index >= 15 is 0 Å². The maximum absolute atomic E-state index is 13.1. The first-order valence-corrected chi connectivity index (χ1v) is 10.6. The summed E-state index contributed by atoms with van der Waals surface area (Å²) in [5.41, 5.74) is 3.85. The Labute approximate surface area is 187 Å². The van der Waals surface area contributed by atoms with E-state index in [1.807, 2.05) is 18.0 Å². The molecule has 166 valence electrons. The van der Waals surface area contributed by atoms with E-state index in [1.165, 1.54) is 48.7 Å². The molecular weight excluding hydrogens is 409 g/mol. The number of ether oxygens (including phenoxy) is 2. The smallest absolute Gasteiger partial charge is 0.272 e. The monoisotopic (exact) mass is 435 g/mol. The molecule has 1 aliphatic heterocycles. The molecule has 3 heterocycles. The highest BCUT2D eigenvalue weighted by Gasteiger charge is 2.27. The minimum Gasteiger partial charge on any atom is -0.493 e. The van der Waals surface area contributed by atoms with Gasteiger partial charge in [-0.3, -0.25) is 9.78 Å². The first kappa shape index (κ1) is 21.7. The van der Waals surface area contributed by atoms with Crippen LogP contribution in [0.15, 0.2) is 48.8 Å². The summed E-state index contributed by atoms with van der Waals surface area (Å²) in [5, 5.41) is 0. The van der Waals surface area contributed by atoms with Crippen molar-refractivity contribution in [1.82, 2.24) is 14.9 Å². The van der Waals surface area contributed by atoms with Gasteiger partial charge in [0.05, 0.1) is 13.3 Å². The van der Waals surface area contributed by atoms with Gasteiger partial charge in [-0.15, -0.1) is 0 Å². The number of piperidine rings is 1. The number of rotatable bonds is 5. The van der Waals surface area contributed by atoms with Crippen molar-refractivity contribution in [2.45, 2.75) is 32.6 Å². The van der Waals surface area contributed by atoms with Gasteiger partial charge in [-0.2, -0.15) is 0 Å². The lowest BCUT2D eigenvalue weighted by molar-refractivity contribution is 0.0706. The molecule has 1 amide bonds. The molecular formula is C25H26FN3O3. The molecule has 4 rings (SSSR count). The average molecular weight is 435 g/mol. The number of hydrogen-bond donors (Lipinski definition) is 0. The highest BCUT2D eigenvalue weighted by atomic mass is 19.1. The molecule has 1 aliphatic rings. The summed E-state index contributed by atoms with van der Waals surface area (Å²) in [6.45, 7) is 5.44. The lowest BCUT2D eigenvalue weighted by Crippen LogP contribution is -2.38. The van der Waals surface area contributed by atoms with Gasteiger partial charge in [0, 0.05) is 31.0 Å². The largest absolute Gasteiger partial charge is 0.493 e. The molecule has 0 unspecified atom stereocenters. The standard InChI is InChI=1S/C25H26FN3O3/c1-16-12-17(2)27-14-21(16)18-8-10-29(11-9-18)25(30)22-13-23(31-3)24(15-28-22)32-20-6-4-19(26)5-7-20/h4-7,12-15,18H,8-11H2,1-3H3. The lowest BCUT2D eigenvalue weighted by atomic mass is 9.87. The zero-order valence-corrected chi connectivity index (χ0v) is 18.5. The number of nitrogens with zero attached hydrogens (tertiary/aromatic N) is 3. The highest BCUT2D eigenvalue weighted by molar-refractivity contribution is 5.93. The Morgan fingerprint density at radius 3 is 2.41 bits per heavy atom. The minimum atomic E-state index is -0.346. The predicted octanol–water partition coefficient (Wildman–Crippen LogP) is 5.05. The van der Waals surface area contributed by atoms with Crippen LogP contribution in [0.5, 0.6) is 17.2 Å². The van der Waals surface area contributed by atoms with Gasteiger partial charge in [0.25, 0.3) is 5.91 Å². The van der Waals surface area contributed by atoms with E-state index < -0.39 is 0 Å². The number of carbonyl (C=O) groups is 1. The van der Waals surface area contributed by atoms with Gasteiger partial charge < -0.3 is 14.4 Å². The van der Waals surface area contributed by atoms with Crippen LogP contribution in [-0.2, 0) is 0 Å². The van der Waals surface area contributed by atoms with Crippen molar-refractivity contribution in [3.63, 3.8) is 0 Å². The van der Waals surface area contributed by atoms with E-state index in [4.69, 9.17) is 9.47 Å². The highest BCUT2D eigenvalue weighted by Crippen LogP contribution is 2.33. The van der Waals surface area contributed by atoms with E-state index in [9.17, 15) is 9.18 Å². The molecule has 3 aromatic rings. The van der Waals surface area contributed by atoms with Crippen LogP contribution in [0.25, 0.3) is 0 Å². The first-order chi connectivity index (χ1) is 15.4. The molecule has 0 radical (unpaired) electrons. The third-order valence-corrected chi connectivity index (χ3v) is 5.82. The number of amides is 1. The number of methoxy groups -OCH3 is 1. The van der Waals surface area contributed by atoms with Crippen LogP contribution in [0.3, 0.4) is 0 Å². The van der Waals surface area contributed by atoms with Crippen molar-refractivity contribution >= 4 is 5.91 Å². The van der Waals surface area contributed by atoms with Crippen molar-refractivity contribution in [3.05, 3.63) is 77.1 Å². The molecule has 0 spiro atoms. The van der Waals surface area contributed by atoms with Crippen LogP contribution in [0.1, 0.15) is 46.1 Å². The van der Waals surface area contributed by atoms with Crippen LogP contribution in [0.4, 0.5) is 4.39 Å². The van der Waals surface area contributed by atoms with Gasteiger partial charge in [-0.25, -0.2) is 9.37 Å². The molecule has 1 aromatic carbocycles. The Morgan fingerprint density at radius 2 is 1.75 bits per heavy atom. The molecule has 0 aliphatic carbocycles. The number of likely N-dealkylation sites (tertiary alicyclic amines) is 1. The summed E-state index contributed by atoms with van der Waals surface area (Å²) in [6.07, 6.45) is 5.21. The number of aromatic nitrogens is 2. The number of carbonyl (C=O) groups excluding carboxylic acids is 1. The Morgan fingerprint density at radius 1 is 1.03 bits per heavy atom. The molecule has 0 bridgehead atoms. The van der Waals surface area contributed by atoms with Gasteiger partial charge in [0.2, 0.25) is 0 Å². The average Bonchev–Trinajstić information content (AvgIpc) is 2.80. The Kier molecular flexibility index (Phi) is 6.35. The maximum Gasteiger partial charge on any atom is 0.272 e. The van der Waals surface area contributed by atoms with Gasteiger partial charge in [-0.1, -0.05) is 0 Å². The van der Waals surface area contributed by atoms with Crippen molar-refractivity contribution in [2.24, 2.45) is 0 Å². The molecule has 2 aromatic heterocycles. The Balaban J connectivity index is 1.43. The van der Waals surface area contributed by atoms with Crippen molar-refractivity contribution in [2.75, 3.05) is 20.2 Å². The Bertz CT molecular complexity index is 1110. The normalized spacial score (nSPS) is 14.3. The Hall–Kier alpha value is -3.48. The number of hydrogen-bond acceptors (Lipinski definition) is 5. The number of pyridine rings is 2. The molecule has 0 atom stereocenters. The summed E-state index contributed by atoms with van der Waals surface area (Å²) < 4.78 is 24.2. The summed E-state index contributed by atoms with van der Waals surface area (Å²) in [7, 11) is 1.50. The molecule has 0 saturated carbocycles. The minimum absolute atomic E-state index is 0.131. The maximum atomic E-state index is 13.1. The van der Waals surface area contributed by atoms with Gasteiger partial charge in [-0.05, 0) is 74.1 Å². The second kappa shape index (κ2) is 9.34. The molecule has 1 fully saturated rings. The molecule has 6 nitrogen and oxygen atoms in total. The van der Waals surface area contributed by atoms with Crippen LogP contribution in [-0.4, -0.2) is 41.0 Å². The molecule has 1 saturated heterocycles. The molecule has 7 heteroatoms. The van der Waals surface area contributed by atoms with Crippen LogP contribution in [0, 0.1) is 19.7 Å². The van der Waals surface area contributed by atoms with Gasteiger partial charge >= 0.3 is 0 Å². The summed E-state index contributed by atoms with van der Waals surface area (Å²) in [4.78, 5) is 23.6. The third-order valence-electron chi connectivity index (χ3n) is 5.82.